The van der Waals surface area contributed by atoms with E-state index in [1.807, 2.05) is 36.4 Å². The van der Waals surface area contributed by atoms with Crippen LogP contribution in [0.2, 0.25) is 0 Å². The van der Waals surface area contributed by atoms with Crippen LogP contribution >= 0.6 is 0 Å². The van der Waals surface area contributed by atoms with Gasteiger partial charge in [0.1, 0.15) is 5.82 Å². The minimum atomic E-state index is -0.145. The van der Waals surface area contributed by atoms with Gasteiger partial charge in [-0.2, -0.15) is 4.98 Å². The molecule has 0 atom stereocenters. The van der Waals surface area contributed by atoms with Crippen molar-refractivity contribution in [1.29, 1.82) is 0 Å². The van der Waals surface area contributed by atoms with Crippen molar-refractivity contribution >= 4 is 28.6 Å². The van der Waals surface area contributed by atoms with Crippen LogP contribution in [0, 0.1) is 0 Å². The summed E-state index contributed by atoms with van der Waals surface area (Å²) in [6, 6.07) is 15.2. The number of nitrogens with two attached hydrogens (primary N) is 1. The van der Waals surface area contributed by atoms with Crippen molar-refractivity contribution in [3.8, 4) is 0 Å². The Hall–Kier alpha value is -3.15. The lowest BCUT2D eigenvalue weighted by Crippen LogP contribution is -2.22. The third-order valence-electron chi connectivity index (χ3n) is 4.10. The highest BCUT2D eigenvalue weighted by Gasteiger charge is 2.11. The number of anilines is 2. The van der Waals surface area contributed by atoms with Gasteiger partial charge in [0.15, 0.2) is 0 Å². The van der Waals surface area contributed by atoms with Gasteiger partial charge in [0.05, 0.1) is 5.52 Å². The second kappa shape index (κ2) is 8.29. The zero-order valence-electron chi connectivity index (χ0n) is 14.8. The first-order chi connectivity index (χ1) is 12.7. The number of unbranched alkanes of at least 4 members (excludes halogenated alkanes) is 1. The van der Waals surface area contributed by atoms with E-state index in [2.05, 4.69) is 27.5 Å². The predicted octanol–water partition coefficient (Wildman–Crippen LogP) is 3.35. The first kappa shape index (κ1) is 17.7. The molecule has 26 heavy (non-hydrogen) atoms. The van der Waals surface area contributed by atoms with Gasteiger partial charge in [0, 0.05) is 24.0 Å². The highest BCUT2D eigenvalue weighted by molar-refractivity contribution is 6.00. The molecule has 0 aliphatic rings. The van der Waals surface area contributed by atoms with E-state index in [-0.39, 0.29) is 11.9 Å². The number of carbonyl (C=O) groups excluding carboxylic acids is 1. The Morgan fingerprint density at radius 2 is 1.92 bits per heavy atom. The minimum Gasteiger partial charge on any atom is -0.369 e. The molecule has 4 N–H and O–H groups in total. The van der Waals surface area contributed by atoms with E-state index in [4.69, 9.17) is 5.73 Å². The van der Waals surface area contributed by atoms with Crippen molar-refractivity contribution in [3.05, 3.63) is 59.7 Å². The number of hydrogen-bond donors (Lipinski definition) is 3. The highest BCUT2D eigenvalue weighted by Crippen LogP contribution is 2.22. The van der Waals surface area contributed by atoms with Crippen molar-refractivity contribution in [3.63, 3.8) is 0 Å². The van der Waals surface area contributed by atoms with Gasteiger partial charge >= 0.3 is 0 Å². The van der Waals surface area contributed by atoms with Crippen LogP contribution < -0.4 is 16.4 Å². The zero-order chi connectivity index (χ0) is 18.4. The van der Waals surface area contributed by atoms with Crippen LogP contribution in [0.15, 0.2) is 48.5 Å². The molecule has 1 amide bonds. The van der Waals surface area contributed by atoms with Crippen LogP contribution in [-0.4, -0.2) is 22.4 Å². The lowest BCUT2D eigenvalue weighted by molar-refractivity contribution is 0.0951. The van der Waals surface area contributed by atoms with E-state index in [9.17, 15) is 4.79 Å². The molecule has 0 aliphatic carbocycles. The third kappa shape index (κ3) is 4.27. The average molecular weight is 349 g/mol. The quantitative estimate of drug-likeness (QED) is 0.569. The van der Waals surface area contributed by atoms with Crippen molar-refractivity contribution in [2.45, 2.75) is 26.3 Å². The summed E-state index contributed by atoms with van der Waals surface area (Å²) in [4.78, 5) is 21.0. The average Bonchev–Trinajstić information content (AvgIpc) is 2.66. The molecule has 1 aromatic heterocycles. The second-order valence-corrected chi connectivity index (χ2v) is 6.11. The van der Waals surface area contributed by atoms with E-state index < -0.39 is 0 Å². The molecule has 6 nitrogen and oxygen atoms in total. The van der Waals surface area contributed by atoms with Crippen molar-refractivity contribution < 1.29 is 4.79 Å². The van der Waals surface area contributed by atoms with Gasteiger partial charge in [-0.3, -0.25) is 4.79 Å². The number of nitrogens with one attached hydrogen (secondary N) is 2. The number of fused-ring (bicyclic) bond motifs is 1. The second-order valence-electron chi connectivity index (χ2n) is 6.11. The summed E-state index contributed by atoms with van der Waals surface area (Å²) < 4.78 is 0. The van der Waals surface area contributed by atoms with Gasteiger partial charge in [-0.1, -0.05) is 43.7 Å². The number of aromatic nitrogens is 2. The molecule has 0 aliphatic heterocycles. The van der Waals surface area contributed by atoms with Crippen LogP contribution in [-0.2, 0) is 6.54 Å². The molecule has 6 heteroatoms. The maximum atomic E-state index is 12.4. The SMILES string of the molecule is CCCCNc1nc(N)nc2cc(C(=O)NCc3ccccc3)ccc12. The number of hydrogen-bond acceptors (Lipinski definition) is 5. The Labute approximate surface area is 152 Å². The predicted molar refractivity (Wildman–Crippen MR) is 105 cm³/mol. The number of nitrogen functional groups attached to an aromatic ring is 1. The normalized spacial score (nSPS) is 10.7. The standard InChI is InChI=1S/C20H23N5O/c1-2-3-11-22-18-16-10-9-15(12-17(16)24-20(21)25-18)19(26)23-13-14-7-5-4-6-8-14/h4-10,12H,2-3,11,13H2,1H3,(H,23,26)(H3,21,22,24,25). The Morgan fingerprint density at radius 1 is 1.12 bits per heavy atom. The first-order valence-electron chi connectivity index (χ1n) is 8.80. The topological polar surface area (TPSA) is 92.9 Å². The Balaban J connectivity index is 1.78. The fourth-order valence-corrected chi connectivity index (χ4v) is 2.69. The largest absolute Gasteiger partial charge is 0.369 e. The van der Waals surface area contributed by atoms with E-state index in [1.165, 1.54) is 0 Å². The maximum absolute atomic E-state index is 12.4. The third-order valence-corrected chi connectivity index (χ3v) is 4.10. The molecule has 0 saturated carbocycles. The number of nitrogens with zero attached hydrogens (tertiary/aromatic N) is 2. The summed E-state index contributed by atoms with van der Waals surface area (Å²) in [5.74, 6) is 0.754. The molecular weight excluding hydrogens is 326 g/mol. The monoisotopic (exact) mass is 349 g/mol. The Morgan fingerprint density at radius 3 is 2.69 bits per heavy atom. The number of benzene rings is 2. The van der Waals surface area contributed by atoms with Crippen LogP contribution in [0.3, 0.4) is 0 Å². The van der Waals surface area contributed by atoms with Crippen molar-refractivity contribution in [2.24, 2.45) is 0 Å². The van der Waals surface area contributed by atoms with E-state index in [1.54, 1.807) is 12.1 Å². The summed E-state index contributed by atoms with van der Waals surface area (Å²) in [5, 5.41) is 7.07. The van der Waals surface area contributed by atoms with Gasteiger partial charge in [0.2, 0.25) is 5.95 Å². The molecule has 0 spiro atoms. The minimum absolute atomic E-state index is 0.145. The maximum Gasteiger partial charge on any atom is 0.251 e. The van der Waals surface area contributed by atoms with Gasteiger partial charge in [-0.05, 0) is 30.2 Å². The van der Waals surface area contributed by atoms with Crippen LogP contribution in [0.25, 0.3) is 10.9 Å². The number of carbonyl (C=O) groups is 1. The van der Waals surface area contributed by atoms with Crippen molar-refractivity contribution in [2.75, 3.05) is 17.6 Å². The van der Waals surface area contributed by atoms with Gasteiger partial charge < -0.3 is 16.4 Å². The molecule has 2 aromatic carbocycles. The van der Waals surface area contributed by atoms with E-state index >= 15 is 0 Å². The first-order valence-corrected chi connectivity index (χ1v) is 8.80. The summed E-state index contributed by atoms with van der Waals surface area (Å²) in [6.45, 7) is 3.43. The van der Waals surface area contributed by atoms with Crippen molar-refractivity contribution in [1.82, 2.24) is 15.3 Å². The van der Waals surface area contributed by atoms with Gasteiger partial charge in [0.25, 0.3) is 5.91 Å². The molecule has 0 unspecified atom stereocenters. The molecule has 0 fully saturated rings. The van der Waals surface area contributed by atoms with Gasteiger partial charge in [-0.15, -0.1) is 0 Å². The summed E-state index contributed by atoms with van der Waals surface area (Å²) in [5.41, 5.74) is 8.08. The Kier molecular flexibility index (Phi) is 5.63. The van der Waals surface area contributed by atoms with E-state index in [0.717, 1.165) is 30.3 Å². The number of amides is 1. The zero-order valence-corrected chi connectivity index (χ0v) is 14.8. The molecular formula is C20H23N5O. The fraction of sp³-hybridized carbons (Fsp3) is 0.250. The van der Waals surface area contributed by atoms with Crippen LogP contribution in [0.4, 0.5) is 11.8 Å². The fourth-order valence-electron chi connectivity index (χ4n) is 2.69. The number of rotatable bonds is 7. The lowest BCUT2D eigenvalue weighted by Gasteiger charge is -2.10. The lowest BCUT2D eigenvalue weighted by atomic mass is 10.1. The molecule has 3 aromatic rings. The van der Waals surface area contributed by atoms with Crippen LogP contribution in [0.1, 0.15) is 35.7 Å². The summed E-state index contributed by atoms with van der Waals surface area (Å²) in [7, 11) is 0. The molecule has 3 rings (SSSR count). The summed E-state index contributed by atoms with van der Waals surface area (Å²) in [6.07, 6.45) is 2.14. The molecule has 134 valence electrons. The van der Waals surface area contributed by atoms with E-state index in [0.29, 0.717) is 23.4 Å². The Bertz CT molecular complexity index is 895. The molecule has 0 saturated heterocycles. The molecule has 1 heterocycles. The molecule has 0 radical (unpaired) electrons. The highest BCUT2D eigenvalue weighted by atomic mass is 16.1. The van der Waals surface area contributed by atoms with Gasteiger partial charge in [-0.25, -0.2) is 4.98 Å². The summed E-state index contributed by atoms with van der Waals surface area (Å²) >= 11 is 0. The smallest absolute Gasteiger partial charge is 0.251 e. The van der Waals surface area contributed by atoms with Crippen LogP contribution in [0.5, 0.6) is 0 Å². The molecule has 0 bridgehead atoms.